The summed E-state index contributed by atoms with van der Waals surface area (Å²) in [5.41, 5.74) is 0.767. The first-order valence-corrected chi connectivity index (χ1v) is 10.9. The molecule has 0 amide bonds. The molecule has 7 heteroatoms. The third kappa shape index (κ3) is 9.00. The summed E-state index contributed by atoms with van der Waals surface area (Å²) in [6.45, 7) is 10.5. The van der Waals surface area contributed by atoms with Gasteiger partial charge in [-0.25, -0.2) is 4.39 Å². The quantitative estimate of drug-likeness (QED) is 0.240. The first-order chi connectivity index (χ1) is 12.6. The van der Waals surface area contributed by atoms with Crippen LogP contribution >= 0.6 is 35.7 Å². The molecule has 0 spiro atoms. The number of aliphatic imine (C=N–C) groups is 1. The van der Waals surface area contributed by atoms with Crippen LogP contribution in [0.3, 0.4) is 0 Å². The Morgan fingerprint density at radius 1 is 1.30 bits per heavy atom. The van der Waals surface area contributed by atoms with Gasteiger partial charge in [0.05, 0.1) is 6.54 Å². The minimum Gasteiger partial charge on any atom is -0.357 e. The van der Waals surface area contributed by atoms with E-state index in [1.54, 1.807) is 17.8 Å². The minimum atomic E-state index is -0.119. The normalized spacial score (nSPS) is 16.3. The van der Waals surface area contributed by atoms with E-state index in [-0.39, 0.29) is 29.8 Å². The number of hydrogen-bond acceptors (Lipinski definition) is 3. The molecule has 1 aliphatic heterocycles. The first-order valence-electron chi connectivity index (χ1n) is 9.70. The number of benzene rings is 1. The molecule has 1 saturated heterocycles. The standard InChI is InChI=1S/C20H33FN4S.HI/c1-4-22-20(24-18-9-12-25(13-10-18)16(2)3)23-11-14-26-15-17-7-5-6-8-19(17)21;/h5-8,16,18H,4,9-15H2,1-3H3,(H2,22,23,24);1H. The molecular formula is C20H34FIN4S. The highest BCUT2D eigenvalue weighted by molar-refractivity contribution is 14.0. The van der Waals surface area contributed by atoms with Crippen molar-refractivity contribution < 1.29 is 4.39 Å². The fraction of sp³-hybridized carbons (Fsp3) is 0.650. The lowest BCUT2D eigenvalue weighted by atomic mass is 10.0. The summed E-state index contributed by atoms with van der Waals surface area (Å²) in [5.74, 6) is 2.37. The summed E-state index contributed by atoms with van der Waals surface area (Å²) < 4.78 is 13.6. The monoisotopic (exact) mass is 508 g/mol. The molecule has 0 radical (unpaired) electrons. The second-order valence-corrected chi connectivity index (χ2v) is 8.06. The van der Waals surface area contributed by atoms with E-state index in [0.29, 0.717) is 17.8 Å². The van der Waals surface area contributed by atoms with Gasteiger partial charge in [0.15, 0.2) is 5.96 Å². The number of guanidine groups is 1. The van der Waals surface area contributed by atoms with Gasteiger partial charge in [-0.15, -0.1) is 24.0 Å². The fourth-order valence-corrected chi connectivity index (χ4v) is 3.91. The van der Waals surface area contributed by atoms with Gasteiger partial charge in [0.2, 0.25) is 0 Å². The predicted molar refractivity (Wildman–Crippen MR) is 127 cm³/mol. The van der Waals surface area contributed by atoms with Crippen molar-refractivity contribution in [1.82, 2.24) is 15.5 Å². The molecule has 4 nitrogen and oxygen atoms in total. The number of nitrogens with one attached hydrogen (secondary N) is 2. The number of rotatable bonds is 8. The van der Waals surface area contributed by atoms with Crippen LogP contribution in [-0.4, -0.2) is 54.9 Å². The Morgan fingerprint density at radius 3 is 2.63 bits per heavy atom. The number of hydrogen-bond donors (Lipinski definition) is 2. The van der Waals surface area contributed by atoms with Gasteiger partial charge in [0.25, 0.3) is 0 Å². The molecule has 0 saturated carbocycles. The third-order valence-corrected chi connectivity index (χ3v) is 5.65. The molecule has 0 atom stereocenters. The molecule has 27 heavy (non-hydrogen) atoms. The van der Waals surface area contributed by atoms with Crippen molar-refractivity contribution in [2.75, 3.05) is 31.9 Å². The molecular weight excluding hydrogens is 474 g/mol. The molecule has 1 aromatic carbocycles. The van der Waals surface area contributed by atoms with Crippen LogP contribution in [0.25, 0.3) is 0 Å². The summed E-state index contributed by atoms with van der Waals surface area (Å²) in [6.07, 6.45) is 2.31. The Kier molecular flexibility index (Phi) is 12.3. The van der Waals surface area contributed by atoms with Crippen molar-refractivity contribution in [3.8, 4) is 0 Å². The zero-order valence-corrected chi connectivity index (χ0v) is 19.9. The predicted octanol–water partition coefficient (Wildman–Crippen LogP) is 4.10. The van der Waals surface area contributed by atoms with E-state index in [1.165, 1.54) is 6.07 Å². The summed E-state index contributed by atoms with van der Waals surface area (Å²) >= 11 is 1.72. The largest absolute Gasteiger partial charge is 0.357 e. The maximum Gasteiger partial charge on any atom is 0.191 e. The molecule has 1 heterocycles. The van der Waals surface area contributed by atoms with Crippen molar-refractivity contribution in [3.63, 3.8) is 0 Å². The average molecular weight is 508 g/mol. The van der Waals surface area contributed by atoms with Crippen molar-refractivity contribution in [3.05, 3.63) is 35.6 Å². The van der Waals surface area contributed by atoms with Crippen LogP contribution in [0.2, 0.25) is 0 Å². The van der Waals surface area contributed by atoms with E-state index in [2.05, 4.69) is 41.3 Å². The van der Waals surface area contributed by atoms with Crippen LogP contribution < -0.4 is 10.6 Å². The third-order valence-electron chi connectivity index (χ3n) is 4.67. The Balaban J connectivity index is 0.00000364. The van der Waals surface area contributed by atoms with E-state index >= 15 is 0 Å². The molecule has 0 bridgehead atoms. The molecule has 0 unspecified atom stereocenters. The average Bonchev–Trinajstić information content (AvgIpc) is 2.63. The van der Waals surface area contributed by atoms with E-state index < -0.39 is 0 Å². The van der Waals surface area contributed by atoms with E-state index in [9.17, 15) is 4.39 Å². The van der Waals surface area contributed by atoms with Gasteiger partial charge >= 0.3 is 0 Å². The number of halogens is 2. The molecule has 0 aliphatic carbocycles. The van der Waals surface area contributed by atoms with Crippen molar-refractivity contribution in [2.45, 2.75) is 51.4 Å². The second-order valence-electron chi connectivity index (χ2n) is 6.95. The van der Waals surface area contributed by atoms with Crippen molar-refractivity contribution in [1.29, 1.82) is 0 Å². The van der Waals surface area contributed by atoms with Gasteiger partial charge in [-0.2, -0.15) is 11.8 Å². The lowest BCUT2D eigenvalue weighted by molar-refractivity contribution is 0.167. The smallest absolute Gasteiger partial charge is 0.191 e. The fourth-order valence-electron chi connectivity index (χ4n) is 3.09. The summed E-state index contributed by atoms with van der Waals surface area (Å²) in [5, 5.41) is 6.91. The zero-order valence-electron chi connectivity index (χ0n) is 16.7. The van der Waals surface area contributed by atoms with Crippen LogP contribution in [0.15, 0.2) is 29.3 Å². The maximum atomic E-state index is 13.6. The van der Waals surface area contributed by atoms with Gasteiger partial charge in [0.1, 0.15) is 5.82 Å². The minimum absolute atomic E-state index is 0. The molecule has 1 aliphatic rings. The number of piperidine rings is 1. The lowest BCUT2D eigenvalue weighted by Gasteiger charge is -2.35. The van der Waals surface area contributed by atoms with Crippen LogP contribution in [0, 0.1) is 5.82 Å². The maximum absolute atomic E-state index is 13.6. The SMILES string of the molecule is CCNC(=NCCSCc1ccccc1F)NC1CCN(C(C)C)CC1.I. The van der Waals surface area contributed by atoms with Gasteiger partial charge in [0, 0.05) is 43.2 Å². The molecule has 0 aromatic heterocycles. The van der Waals surface area contributed by atoms with Crippen LogP contribution in [-0.2, 0) is 5.75 Å². The van der Waals surface area contributed by atoms with Gasteiger partial charge in [-0.1, -0.05) is 18.2 Å². The highest BCUT2D eigenvalue weighted by atomic mass is 127. The van der Waals surface area contributed by atoms with E-state index in [0.717, 1.165) is 56.3 Å². The number of nitrogens with zero attached hydrogens (tertiary/aromatic N) is 2. The Bertz CT molecular complexity index is 563. The number of thioether (sulfide) groups is 1. The molecule has 2 rings (SSSR count). The molecule has 2 N–H and O–H groups in total. The zero-order chi connectivity index (χ0) is 18.8. The molecule has 1 aromatic rings. The van der Waals surface area contributed by atoms with Crippen molar-refractivity contribution >= 4 is 41.7 Å². The first kappa shape index (κ1) is 24.5. The Morgan fingerprint density at radius 2 is 2.00 bits per heavy atom. The molecule has 1 fully saturated rings. The van der Waals surface area contributed by atoms with Gasteiger partial charge < -0.3 is 15.5 Å². The lowest BCUT2D eigenvalue weighted by Crippen LogP contribution is -2.49. The Labute approximate surface area is 185 Å². The summed E-state index contributed by atoms with van der Waals surface area (Å²) in [7, 11) is 0. The molecule has 154 valence electrons. The van der Waals surface area contributed by atoms with Gasteiger partial charge in [-0.05, 0) is 45.2 Å². The van der Waals surface area contributed by atoms with Gasteiger partial charge in [-0.3, -0.25) is 4.99 Å². The highest BCUT2D eigenvalue weighted by Crippen LogP contribution is 2.15. The Hall–Kier alpha value is -0.540. The van der Waals surface area contributed by atoms with E-state index in [4.69, 9.17) is 0 Å². The topological polar surface area (TPSA) is 39.7 Å². The summed E-state index contributed by atoms with van der Waals surface area (Å²) in [6, 6.07) is 8.10. The van der Waals surface area contributed by atoms with Crippen LogP contribution in [0.5, 0.6) is 0 Å². The highest BCUT2D eigenvalue weighted by Gasteiger charge is 2.21. The number of likely N-dealkylation sites (tertiary alicyclic amines) is 1. The van der Waals surface area contributed by atoms with Crippen LogP contribution in [0.4, 0.5) is 4.39 Å². The van der Waals surface area contributed by atoms with Crippen molar-refractivity contribution in [2.24, 2.45) is 4.99 Å². The summed E-state index contributed by atoms with van der Waals surface area (Å²) in [4.78, 5) is 7.21. The van der Waals surface area contributed by atoms with E-state index in [1.807, 2.05) is 12.1 Å². The second kappa shape index (κ2) is 13.6. The van der Waals surface area contributed by atoms with Crippen LogP contribution in [0.1, 0.15) is 39.2 Å².